The third-order valence-electron chi connectivity index (χ3n) is 4.48. The zero-order valence-corrected chi connectivity index (χ0v) is 15.4. The molecule has 0 saturated carbocycles. The Bertz CT molecular complexity index is 1060. The van der Waals surface area contributed by atoms with Crippen LogP contribution in [0.25, 0.3) is 0 Å². The van der Waals surface area contributed by atoms with Crippen LogP contribution in [0.4, 0.5) is 4.39 Å². The molecule has 0 radical (unpaired) electrons. The van der Waals surface area contributed by atoms with Crippen molar-refractivity contribution in [1.82, 2.24) is 0 Å². The van der Waals surface area contributed by atoms with Crippen LogP contribution in [0.15, 0.2) is 66.7 Å². The average molecular weight is 392 g/mol. The molecular weight excluding hydrogens is 375 g/mol. The molecule has 6 heteroatoms. The fraction of sp³-hybridized carbons (Fsp3) is 0.130. The number of hydrogen-bond donors (Lipinski definition) is 0. The summed E-state index contributed by atoms with van der Waals surface area (Å²) in [6, 6.07) is 17.0. The van der Waals surface area contributed by atoms with Crippen molar-refractivity contribution in [3.63, 3.8) is 0 Å². The van der Waals surface area contributed by atoms with Gasteiger partial charge in [-0.15, -0.1) is 0 Å². The van der Waals surface area contributed by atoms with Gasteiger partial charge in [0.1, 0.15) is 25.6 Å². The fourth-order valence-corrected chi connectivity index (χ4v) is 3.01. The summed E-state index contributed by atoms with van der Waals surface area (Å²) in [5.41, 5.74) is 1.42. The van der Waals surface area contributed by atoms with Crippen LogP contribution in [-0.2, 0) is 11.3 Å². The van der Waals surface area contributed by atoms with Gasteiger partial charge < -0.3 is 14.2 Å². The number of halogens is 1. The Morgan fingerprint density at radius 1 is 0.862 bits per heavy atom. The summed E-state index contributed by atoms with van der Waals surface area (Å²) in [5, 5.41) is 0. The first-order valence-corrected chi connectivity index (χ1v) is 9.07. The van der Waals surface area contributed by atoms with Gasteiger partial charge >= 0.3 is 5.97 Å². The van der Waals surface area contributed by atoms with Crippen molar-refractivity contribution in [1.29, 1.82) is 0 Å². The number of esters is 1. The molecule has 0 aromatic heterocycles. The zero-order valence-electron chi connectivity index (χ0n) is 15.4. The fourth-order valence-electron chi connectivity index (χ4n) is 3.01. The Kier molecular flexibility index (Phi) is 5.24. The Balaban J connectivity index is 1.55. The highest BCUT2D eigenvalue weighted by molar-refractivity contribution is 6.14. The van der Waals surface area contributed by atoms with Crippen LogP contribution in [0.3, 0.4) is 0 Å². The highest BCUT2D eigenvalue weighted by atomic mass is 19.1. The van der Waals surface area contributed by atoms with E-state index in [-0.39, 0.29) is 29.3 Å². The molecule has 0 atom stereocenters. The van der Waals surface area contributed by atoms with E-state index in [1.807, 2.05) is 0 Å². The maximum absolute atomic E-state index is 13.0. The lowest BCUT2D eigenvalue weighted by atomic mass is 9.98. The van der Waals surface area contributed by atoms with Gasteiger partial charge in [0, 0.05) is 11.1 Å². The quantitative estimate of drug-likeness (QED) is 0.481. The molecule has 0 N–H and O–H groups in total. The highest BCUT2D eigenvalue weighted by Crippen LogP contribution is 2.31. The second-order valence-electron chi connectivity index (χ2n) is 6.44. The van der Waals surface area contributed by atoms with Gasteiger partial charge in [-0.1, -0.05) is 30.3 Å². The number of hydrogen-bond acceptors (Lipinski definition) is 5. The van der Waals surface area contributed by atoms with Gasteiger partial charge in [0.15, 0.2) is 17.3 Å². The molecule has 0 unspecified atom stereocenters. The molecule has 1 aliphatic rings. The molecular formula is C23H17FO5. The van der Waals surface area contributed by atoms with Crippen LogP contribution in [0.1, 0.15) is 31.8 Å². The summed E-state index contributed by atoms with van der Waals surface area (Å²) in [6.07, 6.45) is 0. The molecule has 0 amide bonds. The van der Waals surface area contributed by atoms with E-state index in [1.165, 1.54) is 30.3 Å². The van der Waals surface area contributed by atoms with Gasteiger partial charge in [-0.05, 0) is 42.0 Å². The van der Waals surface area contributed by atoms with E-state index in [0.717, 1.165) is 0 Å². The van der Waals surface area contributed by atoms with Gasteiger partial charge in [0.25, 0.3) is 0 Å². The van der Waals surface area contributed by atoms with Crippen LogP contribution < -0.4 is 9.47 Å². The van der Waals surface area contributed by atoms with Gasteiger partial charge in [-0.25, -0.2) is 9.18 Å². The van der Waals surface area contributed by atoms with Crippen LogP contribution >= 0.6 is 0 Å². The van der Waals surface area contributed by atoms with Crippen molar-refractivity contribution in [2.45, 2.75) is 6.61 Å². The molecule has 0 spiro atoms. The first kappa shape index (κ1) is 18.7. The van der Waals surface area contributed by atoms with Crippen LogP contribution in [0.2, 0.25) is 0 Å². The van der Waals surface area contributed by atoms with Crippen molar-refractivity contribution in [2.75, 3.05) is 13.2 Å². The number of carbonyl (C=O) groups excluding carboxylic acids is 2. The van der Waals surface area contributed by atoms with Crippen molar-refractivity contribution >= 4 is 11.8 Å². The molecule has 3 aromatic carbocycles. The molecule has 0 bridgehead atoms. The highest BCUT2D eigenvalue weighted by Gasteiger charge is 2.21. The Hall–Kier alpha value is -3.67. The molecule has 1 heterocycles. The topological polar surface area (TPSA) is 61.8 Å². The van der Waals surface area contributed by atoms with Gasteiger partial charge in [0.05, 0.1) is 5.56 Å². The third kappa shape index (κ3) is 4.11. The monoisotopic (exact) mass is 392 g/mol. The lowest BCUT2D eigenvalue weighted by molar-refractivity contribution is 0.0470. The Morgan fingerprint density at radius 2 is 1.55 bits per heavy atom. The predicted octanol–water partition coefficient (Wildman–Crippen LogP) is 4.18. The summed E-state index contributed by atoms with van der Waals surface area (Å²) >= 11 is 0. The second kappa shape index (κ2) is 8.14. The summed E-state index contributed by atoms with van der Waals surface area (Å²) in [6.45, 7) is 0.853. The van der Waals surface area contributed by atoms with Crippen molar-refractivity contribution in [2.24, 2.45) is 0 Å². The number of ether oxygens (including phenoxy) is 3. The first-order chi connectivity index (χ1) is 14.1. The minimum absolute atomic E-state index is 0.0222. The van der Waals surface area contributed by atoms with E-state index in [2.05, 4.69) is 0 Å². The van der Waals surface area contributed by atoms with Crippen molar-refractivity contribution < 1.29 is 28.2 Å². The predicted molar refractivity (Wildman–Crippen MR) is 103 cm³/mol. The Labute approximate surface area is 166 Å². The molecule has 0 aliphatic carbocycles. The molecule has 1 aliphatic heterocycles. The molecule has 0 saturated heterocycles. The lowest BCUT2D eigenvalue weighted by Gasteiger charge is -2.18. The third-order valence-corrected chi connectivity index (χ3v) is 4.48. The molecule has 5 nitrogen and oxygen atoms in total. The van der Waals surface area contributed by atoms with Crippen LogP contribution in [0, 0.1) is 5.82 Å². The minimum Gasteiger partial charge on any atom is -0.486 e. The van der Waals surface area contributed by atoms with E-state index in [0.29, 0.717) is 35.8 Å². The van der Waals surface area contributed by atoms with E-state index in [4.69, 9.17) is 14.2 Å². The minimum atomic E-state index is -0.629. The lowest BCUT2D eigenvalue weighted by Crippen LogP contribution is -2.16. The number of benzene rings is 3. The van der Waals surface area contributed by atoms with E-state index >= 15 is 0 Å². The average Bonchev–Trinajstić information content (AvgIpc) is 2.77. The Morgan fingerprint density at radius 3 is 2.31 bits per heavy atom. The smallest absolute Gasteiger partial charge is 0.339 e. The summed E-state index contributed by atoms with van der Waals surface area (Å²) in [5.74, 6) is -0.235. The second-order valence-corrected chi connectivity index (χ2v) is 6.44. The largest absolute Gasteiger partial charge is 0.486 e. The molecule has 0 fully saturated rings. The zero-order chi connectivity index (χ0) is 20.2. The normalized spacial score (nSPS) is 12.3. The summed E-state index contributed by atoms with van der Waals surface area (Å²) in [4.78, 5) is 25.6. The number of carbonyl (C=O) groups is 2. The standard InChI is InChI=1S/C23H17FO5/c24-17-8-5-15(6-9-17)14-29-23(26)19-4-2-1-3-18(19)22(25)16-7-10-20-21(13-16)28-12-11-27-20/h1-10,13H,11-12,14H2. The molecule has 4 rings (SSSR count). The number of fused-ring (bicyclic) bond motifs is 1. The van der Waals surface area contributed by atoms with Crippen molar-refractivity contribution in [3.8, 4) is 11.5 Å². The molecule has 29 heavy (non-hydrogen) atoms. The maximum Gasteiger partial charge on any atom is 0.339 e. The first-order valence-electron chi connectivity index (χ1n) is 9.07. The molecule has 3 aromatic rings. The van der Waals surface area contributed by atoms with Gasteiger partial charge in [-0.3, -0.25) is 4.79 Å². The molecule has 146 valence electrons. The number of ketones is 1. The van der Waals surface area contributed by atoms with E-state index in [9.17, 15) is 14.0 Å². The van der Waals surface area contributed by atoms with Gasteiger partial charge in [0.2, 0.25) is 0 Å². The van der Waals surface area contributed by atoms with Gasteiger partial charge in [-0.2, -0.15) is 0 Å². The van der Waals surface area contributed by atoms with Crippen LogP contribution in [0.5, 0.6) is 11.5 Å². The summed E-state index contributed by atoms with van der Waals surface area (Å²) < 4.78 is 29.3. The number of rotatable bonds is 5. The van der Waals surface area contributed by atoms with E-state index < -0.39 is 5.97 Å². The van der Waals surface area contributed by atoms with Crippen LogP contribution in [-0.4, -0.2) is 25.0 Å². The van der Waals surface area contributed by atoms with Crippen molar-refractivity contribution in [3.05, 3.63) is 94.8 Å². The SMILES string of the molecule is O=C(OCc1ccc(F)cc1)c1ccccc1C(=O)c1ccc2c(c1)OCCO2. The maximum atomic E-state index is 13.0. The van der Waals surface area contributed by atoms with E-state index in [1.54, 1.807) is 36.4 Å². The summed E-state index contributed by atoms with van der Waals surface area (Å²) in [7, 11) is 0.